The molecule has 0 aliphatic carbocycles. The zero-order valence-corrected chi connectivity index (χ0v) is 34.3. The molecule has 0 bridgehead atoms. The van der Waals surface area contributed by atoms with Crippen molar-refractivity contribution >= 4 is 11.9 Å². The lowest BCUT2D eigenvalue weighted by atomic mass is 10.0. The van der Waals surface area contributed by atoms with Crippen LogP contribution in [-0.2, 0) is 19.1 Å². The van der Waals surface area contributed by atoms with Crippen molar-refractivity contribution in [2.24, 2.45) is 0 Å². The van der Waals surface area contributed by atoms with Gasteiger partial charge in [0.15, 0.2) is 0 Å². The Balaban J connectivity index is -0.00000209. The molecule has 0 aromatic rings. The van der Waals surface area contributed by atoms with Gasteiger partial charge in [-0.3, -0.25) is 9.59 Å². The van der Waals surface area contributed by atoms with Gasteiger partial charge in [0.2, 0.25) is 0 Å². The molecule has 9 heteroatoms. The highest BCUT2D eigenvalue weighted by Crippen LogP contribution is 2.15. The fourth-order valence-corrected chi connectivity index (χ4v) is 5.79. The third-order valence-electron chi connectivity index (χ3n) is 9.10. The van der Waals surface area contributed by atoms with E-state index in [0.29, 0.717) is 12.8 Å². The molecule has 0 aliphatic heterocycles. The molecular formula is C43H88O9. The number of carbonyl (C=O) groups excluding carboxylic acids is 2. The molecule has 0 rings (SSSR count). The number of hydrogen-bond donors (Lipinski definition) is 5. The standard InChI is InChI=1S/C38H74O4.C3H8O3.C2H6O2/c1-3-5-7-9-11-13-15-17-19-21-23-25-27-29-31-33-37(39)41-35-36-42-38(40)34-32-30-28-26-24-22-20-18-16-14-12-10-8-6-4-2;4-1-3(6)2-5;3-1-2-4/h3-36H2,1-2H3;3-6H,1-2H2;3-4H,1-2H2. The Labute approximate surface area is 321 Å². The van der Waals surface area contributed by atoms with Crippen LogP contribution < -0.4 is 0 Å². The Bertz CT molecular complexity index is 609. The second-order valence-corrected chi connectivity index (χ2v) is 14.3. The predicted molar refractivity (Wildman–Crippen MR) is 215 cm³/mol. The van der Waals surface area contributed by atoms with Crippen LogP contribution in [0.3, 0.4) is 0 Å². The van der Waals surface area contributed by atoms with E-state index in [-0.39, 0.29) is 51.6 Å². The number of aliphatic hydroxyl groups is 5. The van der Waals surface area contributed by atoms with Crippen LogP contribution in [0.15, 0.2) is 0 Å². The number of esters is 2. The minimum Gasteiger partial charge on any atom is -0.462 e. The lowest BCUT2D eigenvalue weighted by Gasteiger charge is -2.07. The Kier molecular flexibility index (Phi) is 54.9. The van der Waals surface area contributed by atoms with E-state index in [1.807, 2.05) is 0 Å². The van der Waals surface area contributed by atoms with Crippen molar-refractivity contribution in [1.82, 2.24) is 0 Å². The summed E-state index contributed by atoms with van der Waals surface area (Å²) in [5.41, 5.74) is 0. The van der Waals surface area contributed by atoms with Crippen LogP contribution in [0.1, 0.15) is 219 Å². The van der Waals surface area contributed by atoms with Crippen LogP contribution in [-0.4, -0.2) is 83.2 Å². The van der Waals surface area contributed by atoms with Gasteiger partial charge in [0.25, 0.3) is 0 Å². The summed E-state index contributed by atoms with van der Waals surface area (Å²) in [7, 11) is 0. The largest absolute Gasteiger partial charge is 0.462 e. The first kappa shape index (κ1) is 55.1. The van der Waals surface area contributed by atoms with Gasteiger partial charge in [-0.25, -0.2) is 0 Å². The van der Waals surface area contributed by atoms with Crippen molar-refractivity contribution in [2.75, 3.05) is 39.6 Å². The monoisotopic (exact) mass is 749 g/mol. The summed E-state index contributed by atoms with van der Waals surface area (Å²) in [6, 6.07) is 0. The molecule has 0 aliphatic rings. The number of rotatable bonds is 38. The van der Waals surface area contributed by atoms with E-state index in [9.17, 15) is 9.59 Å². The van der Waals surface area contributed by atoms with Crippen molar-refractivity contribution in [3.63, 3.8) is 0 Å². The highest BCUT2D eigenvalue weighted by molar-refractivity contribution is 5.70. The molecule has 0 aromatic heterocycles. The van der Waals surface area contributed by atoms with E-state index in [2.05, 4.69) is 13.8 Å². The van der Waals surface area contributed by atoms with E-state index in [1.54, 1.807) is 0 Å². The summed E-state index contributed by atoms with van der Waals surface area (Å²) in [6.07, 6.45) is 39.6. The summed E-state index contributed by atoms with van der Waals surface area (Å²) in [5, 5.41) is 39.3. The normalized spacial score (nSPS) is 10.8. The predicted octanol–water partition coefficient (Wildman–Crippen LogP) is 9.90. The van der Waals surface area contributed by atoms with E-state index < -0.39 is 6.10 Å². The molecule has 314 valence electrons. The maximum absolute atomic E-state index is 11.9. The van der Waals surface area contributed by atoms with Gasteiger partial charge in [-0.1, -0.05) is 194 Å². The number of aliphatic hydroxyl groups excluding tert-OH is 5. The fourth-order valence-electron chi connectivity index (χ4n) is 5.79. The molecular weight excluding hydrogens is 660 g/mol. The average Bonchev–Trinajstić information content (AvgIpc) is 3.16. The van der Waals surface area contributed by atoms with Gasteiger partial charge < -0.3 is 35.0 Å². The summed E-state index contributed by atoms with van der Waals surface area (Å²) in [5.74, 6) is -0.327. The van der Waals surface area contributed by atoms with Crippen molar-refractivity contribution < 1.29 is 44.6 Å². The Hall–Kier alpha value is -1.26. The lowest BCUT2D eigenvalue weighted by molar-refractivity contribution is -0.152. The fraction of sp³-hybridized carbons (Fsp3) is 0.953. The first-order valence-corrected chi connectivity index (χ1v) is 21.9. The van der Waals surface area contributed by atoms with E-state index in [0.717, 1.165) is 25.7 Å². The molecule has 52 heavy (non-hydrogen) atoms. The Morgan fingerprint density at radius 2 is 0.596 bits per heavy atom. The first-order valence-electron chi connectivity index (χ1n) is 21.9. The minimum atomic E-state index is -0.954. The summed E-state index contributed by atoms with van der Waals surface area (Å²) in [4.78, 5) is 23.8. The van der Waals surface area contributed by atoms with Gasteiger partial charge in [0.05, 0.1) is 26.4 Å². The van der Waals surface area contributed by atoms with Crippen LogP contribution >= 0.6 is 0 Å². The third-order valence-corrected chi connectivity index (χ3v) is 9.10. The number of hydrogen-bond acceptors (Lipinski definition) is 9. The molecule has 0 aromatic carbocycles. The van der Waals surface area contributed by atoms with E-state index in [1.165, 1.54) is 167 Å². The van der Waals surface area contributed by atoms with Gasteiger partial charge in [-0.05, 0) is 12.8 Å². The smallest absolute Gasteiger partial charge is 0.305 e. The van der Waals surface area contributed by atoms with Crippen molar-refractivity contribution in [1.29, 1.82) is 0 Å². The second kappa shape index (κ2) is 51.8. The molecule has 0 fully saturated rings. The number of unbranched alkanes of at least 4 members (excludes halogenated alkanes) is 28. The van der Waals surface area contributed by atoms with Crippen molar-refractivity contribution in [3.8, 4) is 0 Å². The molecule has 9 nitrogen and oxygen atoms in total. The summed E-state index contributed by atoms with van der Waals surface area (Å²) < 4.78 is 10.5. The summed E-state index contributed by atoms with van der Waals surface area (Å²) in [6.45, 7) is 3.94. The van der Waals surface area contributed by atoms with Gasteiger partial charge in [-0.2, -0.15) is 0 Å². The number of carbonyl (C=O) groups is 2. The molecule has 5 N–H and O–H groups in total. The molecule has 0 amide bonds. The van der Waals surface area contributed by atoms with Crippen LogP contribution in [0.25, 0.3) is 0 Å². The SMILES string of the molecule is CCCCCCCCCCCCCCCCCC(=O)OCCOC(=O)CCCCCCCCCCCCCCCCC.OCC(O)CO.OCCO. The maximum Gasteiger partial charge on any atom is 0.305 e. The highest BCUT2D eigenvalue weighted by atomic mass is 16.6. The van der Waals surface area contributed by atoms with Crippen molar-refractivity contribution in [2.45, 2.75) is 225 Å². The maximum atomic E-state index is 11.9. The Morgan fingerprint density at radius 1 is 0.385 bits per heavy atom. The molecule has 0 unspecified atom stereocenters. The van der Waals surface area contributed by atoms with E-state index >= 15 is 0 Å². The summed E-state index contributed by atoms with van der Waals surface area (Å²) >= 11 is 0. The zero-order valence-electron chi connectivity index (χ0n) is 34.3. The molecule has 0 heterocycles. The van der Waals surface area contributed by atoms with Crippen LogP contribution in [0, 0.1) is 0 Å². The topological polar surface area (TPSA) is 154 Å². The molecule has 0 radical (unpaired) electrons. The van der Waals surface area contributed by atoms with Gasteiger partial charge in [0, 0.05) is 12.8 Å². The van der Waals surface area contributed by atoms with E-state index in [4.69, 9.17) is 35.0 Å². The lowest BCUT2D eigenvalue weighted by Crippen LogP contribution is -2.15. The molecule has 0 atom stereocenters. The van der Waals surface area contributed by atoms with Gasteiger partial charge >= 0.3 is 11.9 Å². The Morgan fingerprint density at radius 3 is 0.769 bits per heavy atom. The van der Waals surface area contributed by atoms with Gasteiger partial charge in [0.1, 0.15) is 19.3 Å². The van der Waals surface area contributed by atoms with Crippen molar-refractivity contribution in [3.05, 3.63) is 0 Å². The highest BCUT2D eigenvalue weighted by Gasteiger charge is 2.06. The first-order chi connectivity index (χ1) is 25.4. The third kappa shape index (κ3) is 55.5. The zero-order chi connectivity index (χ0) is 39.0. The van der Waals surface area contributed by atoms with Crippen LogP contribution in [0.5, 0.6) is 0 Å². The van der Waals surface area contributed by atoms with Gasteiger partial charge in [-0.15, -0.1) is 0 Å². The van der Waals surface area contributed by atoms with Crippen LogP contribution in [0.2, 0.25) is 0 Å². The molecule has 0 saturated carbocycles. The number of ether oxygens (including phenoxy) is 2. The minimum absolute atomic E-state index is 0.125. The second-order valence-electron chi connectivity index (χ2n) is 14.3. The molecule has 0 saturated heterocycles. The average molecular weight is 749 g/mol. The molecule has 0 spiro atoms. The quantitative estimate of drug-likeness (QED) is 0.0307. The van der Waals surface area contributed by atoms with Crippen LogP contribution in [0.4, 0.5) is 0 Å².